The van der Waals surface area contributed by atoms with Crippen LogP contribution in [0.2, 0.25) is 0 Å². The van der Waals surface area contributed by atoms with Gasteiger partial charge in [0.1, 0.15) is 5.82 Å². The van der Waals surface area contributed by atoms with Crippen molar-refractivity contribution in [3.63, 3.8) is 0 Å². The van der Waals surface area contributed by atoms with Gasteiger partial charge in [-0.2, -0.15) is 0 Å². The quantitative estimate of drug-likeness (QED) is 0.823. The molecule has 88 valence electrons. The average Bonchev–Trinajstić information content (AvgIpc) is 2.28. The van der Waals surface area contributed by atoms with Gasteiger partial charge in [-0.1, -0.05) is 12.1 Å². The van der Waals surface area contributed by atoms with Crippen LogP contribution in [0.3, 0.4) is 0 Å². The summed E-state index contributed by atoms with van der Waals surface area (Å²) in [4.78, 5) is 6.54. The first-order valence-electron chi connectivity index (χ1n) is 5.50. The molecule has 0 radical (unpaired) electrons. The Bertz CT molecular complexity index is 537. The third-order valence-electron chi connectivity index (χ3n) is 2.67. The molecule has 0 N–H and O–H groups in total. The highest BCUT2D eigenvalue weighted by Gasteiger charge is 2.09. The maximum Gasteiger partial charge on any atom is 0.147 e. The Morgan fingerprint density at radius 1 is 1.12 bits per heavy atom. The number of pyridine rings is 1. The van der Waals surface area contributed by atoms with E-state index in [2.05, 4.69) is 63.1 Å². The molecule has 2 nitrogen and oxygen atoms in total. The molecule has 0 aliphatic carbocycles. The van der Waals surface area contributed by atoms with Gasteiger partial charge in [0.25, 0.3) is 0 Å². The third kappa shape index (κ3) is 2.67. The largest absolute Gasteiger partial charge is 0.329 e. The van der Waals surface area contributed by atoms with Crippen molar-refractivity contribution in [2.24, 2.45) is 0 Å². The zero-order chi connectivity index (χ0) is 12.4. The summed E-state index contributed by atoms with van der Waals surface area (Å²) in [7, 11) is 2.02. The van der Waals surface area contributed by atoms with Gasteiger partial charge in [0, 0.05) is 18.9 Å². The van der Waals surface area contributed by atoms with Crippen LogP contribution in [0, 0.1) is 13.8 Å². The molecule has 2 rings (SSSR count). The fraction of sp³-hybridized carbons (Fsp3) is 0.214. The number of aromatic nitrogens is 1. The lowest BCUT2D eigenvalue weighted by atomic mass is 10.2. The predicted molar refractivity (Wildman–Crippen MR) is 75.9 cm³/mol. The van der Waals surface area contributed by atoms with Gasteiger partial charge in [0.15, 0.2) is 0 Å². The zero-order valence-electron chi connectivity index (χ0n) is 10.2. The van der Waals surface area contributed by atoms with Crippen molar-refractivity contribution in [2.45, 2.75) is 13.8 Å². The summed E-state index contributed by atoms with van der Waals surface area (Å²) in [6.07, 6.45) is 1.88. The Balaban J connectivity index is 2.40. The summed E-state index contributed by atoms with van der Waals surface area (Å²) in [5.41, 5.74) is 3.54. The predicted octanol–water partition coefficient (Wildman–Crippen LogP) is 4.23. The normalized spacial score (nSPS) is 10.4. The molecule has 0 saturated carbocycles. The minimum Gasteiger partial charge on any atom is -0.329 e. The smallest absolute Gasteiger partial charge is 0.147 e. The first kappa shape index (κ1) is 12.1. The van der Waals surface area contributed by atoms with Crippen LogP contribution in [0.5, 0.6) is 0 Å². The molecular formula is C14H15BrN2. The Kier molecular flexibility index (Phi) is 3.48. The summed E-state index contributed by atoms with van der Waals surface area (Å²) in [6, 6.07) is 10.5. The van der Waals surface area contributed by atoms with Crippen molar-refractivity contribution in [3.05, 3.63) is 52.1 Å². The van der Waals surface area contributed by atoms with Gasteiger partial charge >= 0.3 is 0 Å². The van der Waals surface area contributed by atoms with E-state index in [0.29, 0.717) is 0 Å². The minimum atomic E-state index is 0.932. The van der Waals surface area contributed by atoms with Crippen molar-refractivity contribution >= 4 is 27.4 Å². The van der Waals surface area contributed by atoms with E-state index in [0.717, 1.165) is 21.5 Å². The maximum absolute atomic E-state index is 4.46. The van der Waals surface area contributed by atoms with Gasteiger partial charge in [0.2, 0.25) is 0 Å². The van der Waals surface area contributed by atoms with Crippen LogP contribution in [0.1, 0.15) is 11.1 Å². The number of benzene rings is 1. The number of nitrogens with zero attached hydrogens (tertiary/aromatic N) is 2. The molecule has 0 amide bonds. The van der Waals surface area contributed by atoms with E-state index in [1.807, 2.05) is 20.2 Å². The number of halogens is 1. The van der Waals surface area contributed by atoms with Crippen LogP contribution in [-0.4, -0.2) is 12.0 Å². The Hall–Kier alpha value is -1.35. The number of hydrogen-bond donors (Lipinski definition) is 0. The molecule has 1 aromatic heterocycles. The number of hydrogen-bond acceptors (Lipinski definition) is 2. The van der Waals surface area contributed by atoms with Crippen LogP contribution in [0.4, 0.5) is 11.5 Å². The molecule has 0 atom stereocenters. The van der Waals surface area contributed by atoms with E-state index in [4.69, 9.17) is 0 Å². The Labute approximate surface area is 110 Å². The molecular weight excluding hydrogens is 276 g/mol. The Morgan fingerprint density at radius 2 is 1.88 bits per heavy atom. The molecule has 0 bridgehead atoms. The van der Waals surface area contributed by atoms with E-state index < -0.39 is 0 Å². The molecule has 0 aliphatic rings. The van der Waals surface area contributed by atoms with Gasteiger partial charge in [-0.3, -0.25) is 0 Å². The summed E-state index contributed by atoms with van der Waals surface area (Å²) in [5, 5.41) is 0. The summed E-state index contributed by atoms with van der Waals surface area (Å²) >= 11 is 3.56. The molecule has 0 spiro atoms. The van der Waals surface area contributed by atoms with E-state index in [-0.39, 0.29) is 0 Å². The topological polar surface area (TPSA) is 16.1 Å². The minimum absolute atomic E-state index is 0.932. The van der Waals surface area contributed by atoms with Crippen LogP contribution in [-0.2, 0) is 0 Å². The SMILES string of the molecule is Cc1cccc(N(C)c2ncc(C)cc2Br)c1. The highest BCUT2D eigenvalue weighted by molar-refractivity contribution is 9.10. The van der Waals surface area contributed by atoms with Gasteiger partial charge in [-0.05, 0) is 59.1 Å². The van der Waals surface area contributed by atoms with Gasteiger partial charge < -0.3 is 4.90 Å². The standard InChI is InChI=1S/C14H15BrN2/c1-10-5-4-6-12(7-10)17(3)14-13(15)8-11(2)9-16-14/h4-9H,1-3H3. The summed E-state index contributed by atoms with van der Waals surface area (Å²) in [6.45, 7) is 4.13. The van der Waals surface area contributed by atoms with E-state index in [1.54, 1.807) is 0 Å². The van der Waals surface area contributed by atoms with Gasteiger partial charge in [0.05, 0.1) is 4.47 Å². The first-order chi connectivity index (χ1) is 8.08. The lowest BCUT2D eigenvalue weighted by Gasteiger charge is -2.20. The number of rotatable bonds is 2. The lowest BCUT2D eigenvalue weighted by molar-refractivity contribution is 1.10. The van der Waals surface area contributed by atoms with Crippen molar-refractivity contribution in [3.8, 4) is 0 Å². The molecule has 17 heavy (non-hydrogen) atoms. The highest BCUT2D eigenvalue weighted by Crippen LogP contribution is 2.29. The Morgan fingerprint density at radius 3 is 2.53 bits per heavy atom. The third-order valence-corrected chi connectivity index (χ3v) is 3.25. The average molecular weight is 291 g/mol. The second-order valence-electron chi connectivity index (χ2n) is 4.22. The fourth-order valence-corrected chi connectivity index (χ4v) is 2.46. The van der Waals surface area contributed by atoms with Crippen LogP contribution < -0.4 is 4.90 Å². The van der Waals surface area contributed by atoms with Crippen molar-refractivity contribution in [2.75, 3.05) is 11.9 Å². The zero-order valence-corrected chi connectivity index (χ0v) is 11.8. The second-order valence-corrected chi connectivity index (χ2v) is 5.07. The van der Waals surface area contributed by atoms with Gasteiger partial charge in [-0.25, -0.2) is 4.98 Å². The lowest BCUT2D eigenvalue weighted by Crippen LogP contribution is -2.12. The molecule has 0 unspecified atom stereocenters. The van der Waals surface area contributed by atoms with E-state index >= 15 is 0 Å². The van der Waals surface area contributed by atoms with Crippen LogP contribution >= 0.6 is 15.9 Å². The van der Waals surface area contributed by atoms with Gasteiger partial charge in [-0.15, -0.1) is 0 Å². The van der Waals surface area contributed by atoms with Crippen LogP contribution in [0.15, 0.2) is 41.0 Å². The second kappa shape index (κ2) is 4.88. The van der Waals surface area contributed by atoms with Crippen LogP contribution in [0.25, 0.3) is 0 Å². The number of anilines is 2. The van der Waals surface area contributed by atoms with E-state index in [9.17, 15) is 0 Å². The van der Waals surface area contributed by atoms with E-state index in [1.165, 1.54) is 5.56 Å². The van der Waals surface area contributed by atoms with Crippen molar-refractivity contribution in [1.82, 2.24) is 4.98 Å². The molecule has 1 aromatic carbocycles. The number of aryl methyl sites for hydroxylation is 2. The van der Waals surface area contributed by atoms with Crippen molar-refractivity contribution < 1.29 is 0 Å². The highest BCUT2D eigenvalue weighted by atomic mass is 79.9. The molecule has 0 aliphatic heterocycles. The monoisotopic (exact) mass is 290 g/mol. The molecule has 0 saturated heterocycles. The summed E-state index contributed by atoms with van der Waals surface area (Å²) < 4.78 is 1.02. The summed E-state index contributed by atoms with van der Waals surface area (Å²) in [5.74, 6) is 0.932. The molecule has 1 heterocycles. The molecule has 2 aromatic rings. The fourth-order valence-electron chi connectivity index (χ4n) is 1.73. The van der Waals surface area contributed by atoms with Crippen molar-refractivity contribution in [1.29, 1.82) is 0 Å². The molecule has 3 heteroatoms. The molecule has 0 fully saturated rings. The first-order valence-corrected chi connectivity index (χ1v) is 6.30. The maximum atomic E-state index is 4.46.